The predicted molar refractivity (Wildman–Crippen MR) is 79.7 cm³/mol. The number of hydrogen-bond acceptors (Lipinski definition) is 4. The summed E-state index contributed by atoms with van der Waals surface area (Å²) >= 11 is 0. The molecule has 21 heavy (non-hydrogen) atoms. The Morgan fingerprint density at radius 3 is 2.76 bits per heavy atom. The number of benzene rings is 1. The van der Waals surface area contributed by atoms with Gasteiger partial charge in [0, 0.05) is 12.5 Å². The third-order valence-corrected chi connectivity index (χ3v) is 3.36. The molecule has 106 valence electrons. The molecule has 2 aromatic rings. The number of rotatable bonds is 4. The minimum Gasteiger partial charge on any atom is -0.465 e. The van der Waals surface area contributed by atoms with Gasteiger partial charge in [0.1, 0.15) is 5.76 Å². The Labute approximate surface area is 122 Å². The number of nitrogens with zero attached hydrogens (tertiary/aromatic N) is 1. The highest BCUT2D eigenvalue weighted by atomic mass is 16.6. The Kier molecular flexibility index (Phi) is 3.69. The zero-order chi connectivity index (χ0) is 14.7. The average molecular weight is 281 g/mol. The molecule has 1 aromatic carbocycles. The first-order valence-corrected chi connectivity index (χ1v) is 6.82. The maximum absolute atomic E-state index is 11.7. The van der Waals surface area contributed by atoms with Gasteiger partial charge in [-0.2, -0.15) is 0 Å². The summed E-state index contributed by atoms with van der Waals surface area (Å²) in [4.78, 5) is 16.0. The molecule has 0 atom stereocenters. The van der Waals surface area contributed by atoms with Gasteiger partial charge in [0.05, 0.1) is 6.26 Å². The van der Waals surface area contributed by atoms with Crippen LogP contribution in [0.15, 0.2) is 57.8 Å². The van der Waals surface area contributed by atoms with Gasteiger partial charge in [0.15, 0.2) is 11.6 Å². The van der Waals surface area contributed by atoms with Gasteiger partial charge >= 0.3 is 5.97 Å². The van der Waals surface area contributed by atoms with E-state index in [-0.39, 0.29) is 5.70 Å². The Balaban J connectivity index is 1.70. The van der Waals surface area contributed by atoms with Crippen LogP contribution in [0.4, 0.5) is 0 Å². The second-order valence-corrected chi connectivity index (χ2v) is 4.87. The Bertz CT molecular complexity index is 711. The summed E-state index contributed by atoms with van der Waals surface area (Å²) in [6.45, 7) is 2.07. The highest BCUT2D eigenvalue weighted by molar-refractivity contribution is 6.07. The topological polar surface area (TPSA) is 51.8 Å². The van der Waals surface area contributed by atoms with Gasteiger partial charge in [-0.15, -0.1) is 0 Å². The van der Waals surface area contributed by atoms with E-state index in [1.807, 2.05) is 12.1 Å². The quantitative estimate of drug-likeness (QED) is 0.636. The van der Waals surface area contributed by atoms with Crippen molar-refractivity contribution in [2.75, 3.05) is 0 Å². The molecule has 1 aliphatic rings. The van der Waals surface area contributed by atoms with Crippen molar-refractivity contribution in [3.63, 3.8) is 0 Å². The molecule has 2 heterocycles. The molecule has 1 aliphatic heterocycles. The van der Waals surface area contributed by atoms with Gasteiger partial charge in [0.25, 0.3) is 0 Å². The molecule has 0 saturated carbocycles. The molecule has 4 heteroatoms. The van der Waals surface area contributed by atoms with Gasteiger partial charge in [-0.25, -0.2) is 9.79 Å². The number of aliphatic imine (C=N–C) groups is 1. The SMILES string of the molecule is Cc1ccccc1CCC1=N/C(=C/c2ccco2)C(=O)O1. The van der Waals surface area contributed by atoms with Crippen LogP contribution in [0.25, 0.3) is 6.08 Å². The normalized spacial score (nSPS) is 16.1. The summed E-state index contributed by atoms with van der Waals surface area (Å²) in [5.74, 6) is 0.623. The molecule has 4 nitrogen and oxygen atoms in total. The summed E-state index contributed by atoms with van der Waals surface area (Å²) < 4.78 is 10.4. The minimum atomic E-state index is -0.425. The van der Waals surface area contributed by atoms with Crippen molar-refractivity contribution in [2.24, 2.45) is 4.99 Å². The molecule has 0 aliphatic carbocycles. The number of furan rings is 1. The molecule has 0 radical (unpaired) electrons. The number of esters is 1. The smallest absolute Gasteiger partial charge is 0.363 e. The summed E-state index contributed by atoms with van der Waals surface area (Å²) in [5, 5.41) is 0. The third-order valence-electron chi connectivity index (χ3n) is 3.36. The van der Waals surface area contributed by atoms with Crippen molar-refractivity contribution in [1.82, 2.24) is 0 Å². The minimum absolute atomic E-state index is 0.282. The van der Waals surface area contributed by atoms with E-state index in [1.165, 1.54) is 11.1 Å². The van der Waals surface area contributed by atoms with Crippen molar-refractivity contribution in [1.29, 1.82) is 0 Å². The van der Waals surface area contributed by atoms with E-state index in [1.54, 1.807) is 24.5 Å². The fourth-order valence-electron chi connectivity index (χ4n) is 2.20. The monoisotopic (exact) mass is 281 g/mol. The number of hydrogen-bond donors (Lipinski definition) is 0. The van der Waals surface area contributed by atoms with Crippen LogP contribution < -0.4 is 0 Å². The largest absolute Gasteiger partial charge is 0.465 e. The van der Waals surface area contributed by atoms with E-state index in [4.69, 9.17) is 9.15 Å². The molecular weight excluding hydrogens is 266 g/mol. The van der Waals surface area contributed by atoms with E-state index >= 15 is 0 Å². The van der Waals surface area contributed by atoms with Crippen molar-refractivity contribution < 1.29 is 13.9 Å². The first-order chi connectivity index (χ1) is 10.2. The standard InChI is InChI=1S/C17H15NO3/c1-12-5-2-3-6-13(12)8-9-16-18-15(17(19)21-16)11-14-7-4-10-20-14/h2-7,10-11H,8-9H2,1H3/b15-11+. The lowest BCUT2D eigenvalue weighted by atomic mass is 10.0. The Morgan fingerprint density at radius 2 is 2.00 bits per heavy atom. The number of ether oxygens (including phenoxy) is 1. The van der Waals surface area contributed by atoms with Gasteiger partial charge in [-0.3, -0.25) is 0 Å². The van der Waals surface area contributed by atoms with Gasteiger partial charge < -0.3 is 9.15 Å². The lowest BCUT2D eigenvalue weighted by Crippen LogP contribution is -2.05. The van der Waals surface area contributed by atoms with Crippen LogP contribution in [0.3, 0.4) is 0 Å². The van der Waals surface area contributed by atoms with Crippen LogP contribution in [-0.4, -0.2) is 11.9 Å². The summed E-state index contributed by atoms with van der Waals surface area (Å²) in [6.07, 6.45) is 4.54. The first kappa shape index (κ1) is 13.4. The van der Waals surface area contributed by atoms with Crippen LogP contribution in [0.2, 0.25) is 0 Å². The zero-order valence-corrected chi connectivity index (χ0v) is 11.7. The highest BCUT2D eigenvalue weighted by Gasteiger charge is 2.23. The maximum atomic E-state index is 11.7. The number of aryl methyl sites for hydroxylation is 2. The summed E-state index contributed by atoms with van der Waals surface area (Å²) in [7, 11) is 0. The number of carbonyl (C=O) groups excluding carboxylic acids is 1. The van der Waals surface area contributed by atoms with Crippen molar-refractivity contribution in [3.05, 3.63) is 65.2 Å². The van der Waals surface area contributed by atoms with E-state index in [9.17, 15) is 4.79 Å². The fraction of sp³-hybridized carbons (Fsp3) is 0.176. The second-order valence-electron chi connectivity index (χ2n) is 4.87. The van der Waals surface area contributed by atoms with E-state index < -0.39 is 5.97 Å². The summed E-state index contributed by atoms with van der Waals surface area (Å²) in [6, 6.07) is 11.7. The van der Waals surface area contributed by atoms with Crippen molar-refractivity contribution in [2.45, 2.75) is 19.8 Å². The summed E-state index contributed by atoms with van der Waals surface area (Å²) in [5.41, 5.74) is 2.75. The van der Waals surface area contributed by atoms with E-state index in [0.717, 1.165) is 6.42 Å². The molecule has 0 amide bonds. The van der Waals surface area contributed by atoms with Gasteiger partial charge in [-0.05, 0) is 36.6 Å². The highest BCUT2D eigenvalue weighted by Crippen LogP contribution is 2.18. The van der Waals surface area contributed by atoms with Crippen molar-refractivity contribution in [3.8, 4) is 0 Å². The van der Waals surface area contributed by atoms with Gasteiger partial charge in [-0.1, -0.05) is 24.3 Å². The first-order valence-electron chi connectivity index (χ1n) is 6.82. The van der Waals surface area contributed by atoms with Crippen molar-refractivity contribution >= 4 is 17.9 Å². The molecular formula is C17H15NO3. The molecule has 0 fully saturated rings. The maximum Gasteiger partial charge on any atom is 0.363 e. The lowest BCUT2D eigenvalue weighted by Gasteiger charge is -2.04. The number of cyclic esters (lactones) is 1. The van der Waals surface area contributed by atoms with Crippen LogP contribution in [0.1, 0.15) is 23.3 Å². The Hall–Kier alpha value is -2.62. The van der Waals surface area contributed by atoms with E-state index in [0.29, 0.717) is 18.1 Å². The molecule has 0 spiro atoms. The number of carbonyl (C=O) groups is 1. The third kappa shape index (κ3) is 3.11. The molecule has 0 bridgehead atoms. The van der Waals surface area contributed by atoms with Gasteiger partial charge in [0.2, 0.25) is 0 Å². The Morgan fingerprint density at radius 1 is 1.14 bits per heavy atom. The average Bonchev–Trinajstić information content (AvgIpc) is 3.09. The molecule has 0 N–H and O–H groups in total. The molecule has 0 unspecified atom stereocenters. The van der Waals surface area contributed by atoms with Crippen LogP contribution in [-0.2, 0) is 16.0 Å². The predicted octanol–water partition coefficient (Wildman–Crippen LogP) is 3.52. The molecule has 0 saturated heterocycles. The van der Waals surface area contributed by atoms with E-state index in [2.05, 4.69) is 24.0 Å². The molecule has 1 aromatic heterocycles. The molecule has 3 rings (SSSR count). The lowest BCUT2D eigenvalue weighted by molar-refractivity contribution is -0.130. The van der Waals surface area contributed by atoms with Crippen LogP contribution in [0.5, 0.6) is 0 Å². The fourth-order valence-corrected chi connectivity index (χ4v) is 2.20. The van der Waals surface area contributed by atoms with Crippen LogP contribution in [0, 0.1) is 6.92 Å². The van der Waals surface area contributed by atoms with Crippen LogP contribution >= 0.6 is 0 Å². The zero-order valence-electron chi connectivity index (χ0n) is 11.7. The second kappa shape index (κ2) is 5.79.